The molecule has 0 aliphatic carbocycles. The van der Waals surface area contributed by atoms with Gasteiger partial charge in [0, 0.05) is 23.2 Å². The van der Waals surface area contributed by atoms with Gasteiger partial charge in [0.15, 0.2) is 0 Å². The van der Waals surface area contributed by atoms with Crippen LogP contribution in [0.2, 0.25) is 0 Å². The van der Waals surface area contributed by atoms with Crippen LogP contribution in [0, 0.1) is 0 Å². The molecule has 0 bridgehead atoms. The molecular formula is C26H16N2. The van der Waals surface area contributed by atoms with Crippen molar-refractivity contribution in [2.45, 2.75) is 0 Å². The van der Waals surface area contributed by atoms with E-state index in [0.717, 1.165) is 21.8 Å². The minimum absolute atomic E-state index is 0.995. The third kappa shape index (κ3) is 2.21. The smallest absolute Gasteiger partial charge is 0.0715 e. The van der Waals surface area contributed by atoms with Crippen molar-refractivity contribution in [2.24, 2.45) is 0 Å². The van der Waals surface area contributed by atoms with Gasteiger partial charge in [-0.3, -0.25) is 9.97 Å². The summed E-state index contributed by atoms with van der Waals surface area (Å²) in [5, 5.41) is 7.32. The Morgan fingerprint density at radius 1 is 0.429 bits per heavy atom. The van der Waals surface area contributed by atoms with E-state index < -0.39 is 0 Å². The van der Waals surface area contributed by atoms with Gasteiger partial charge in [0.1, 0.15) is 0 Å². The number of hydrogen-bond donors (Lipinski definition) is 0. The summed E-state index contributed by atoms with van der Waals surface area (Å²) in [6.45, 7) is 0. The average Bonchev–Trinajstić information content (AvgIpc) is 2.77. The molecule has 0 spiro atoms. The van der Waals surface area contributed by atoms with Crippen molar-refractivity contribution in [2.75, 3.05) is 0 Å². The first-order valence-corrected chi connectivity index (χ1v) is 9.43. The van der Waals surface area contributed by atoms with Crippen LogP contribution in [0.1, 0.15) is 0 Å². The molecular weight excluding hydrogens is 340 g/mol. The van der Waals surface area contributed by atoms with Gasteiger partial charge in [-0.2, -0.15) is 0 Å². The number of pyridine rings is 2. The molecule has 2 nitrogen and oxygen atoms in total. The van der Waals surface area contributed by atoms with E-state index in [2.05, 4.69) is 88.8 Å². The predicted octanol–water partition coefficient (Wildman–Crippen LogP) is 6.76. The van der Waals surface area contributed by atoms with Crippen LogP contribution in [0.5, 0.6) is 0 Å². The van der Waals surface area contributed by atoms with E-state index in [1.807, 2.05) is 18.5 Å². The second kappa shape index (κ2) is 5.86. The number of fused-ring (bicyclic) bond motifs is 5. The zero-order chi connectivity index (χ0) is 18.5. The lowest BCUT2D eigenvalue weighted by molar-refractivity contribution is 1.39. The molecule has 28 heavy (non-hydrogen) atoms. The van der Waals surface area contributed by atoms with Gasteiger partial charge in [-0.1, -0.05) is 54.6 Å². The molecule has 6 aromatic rings. The molecule has 0 fully saturated rings. The quantitative estimate of drug-likeness (QED) is 0.240. The minimum Gasteiger partial charge on any atom is -0.256 e. The highest BCUT2D eigenvalue weighted by atomic mass is 14.7. The summed E-state index contributed by atoms with van der Waals surface area (Å²) < 4.78 is 0. The molecule has 0 N–H and O–H groups in total. The molecule has 0 saturated carbocycles. The Balaban J connectivity index is 1.78. The summed E-state index contributed by atoms with van der Waals surface area (Å²) in [4.78, 5) is 9.18. The van der Waals surface area contributed by atoms with Crippen molar-refractivity contribution in [3.63, 3.8) is 0 Å². The van der Waals surface area contributed by atoms with E-state index in [1.165, 1.54) is 32.7 Å². The summed E-state index contributed by atoms with van der Waals surface area (Å²) in [5.74, 6) is 0. The molecule has 0 saturated heterocycles. The molecule has 0 unspecified atom stereocenters. The fraction of sp³-hybridized carbons (Fsp3) is 0. The predicted molar refractivity (Wildman–Crippen MR) is 117 cm³/mol. The van der Waals surface area contributed by atoms with Crippen molar-refractivity contribution in [1.29, 1.82) is 0 Å². The maximum Gasteiger partial charge on any atom is 0.0715 e. The molecule has 0 atom stereocenters. The van der Waals surface area contributed by atoms with Crippen LogP contribution < -0.4 is 0 Å². The lowest BCUT2D eigenvalue weighted by Gasteiger charge is -2.13. The minimum atomic E-state index is 0.995. The summed E-state index contributed by atoms with van der Waals surface area (Å²) >= 11 is 0. The fourth-order valence-corrected chi connectivity index (χ4v) is 4.22. The standard InChI is InChI=1S/C26H16N2/c1-2-8-19-17(6-1)14-23(21-10-4-3-9-20(19)21)22-11-13-28-26-15-18-7-5-12-27-25(18)16-24(22)26/h1-16H. The molecule has 2 heteroatoms. The average molecular weight is 356 g/mol. The zero-order valence-electron chi connectivity index (χ0n) is 15.1. The summed E-state index contributed by atoms with van der Waals surface area (Å²) in [5.41, 5.74) is 4.42. The van der Waals surface area contributed by atoms with Crippen LogP contribution in [0.25, 0.3) is 54.5 Å². The van der Waals surface area contributed by atoms with Crippen LogP contribution in [0.3, 0.4) is 0 Å². The summed E-state index contributed by atoms with van der Waals surface area (Å²) in [7, 11) is 0. The van der Waals surface area contributed by atoms with E-state index in [0.29, 0.717) is 0 Å². The van der Waals surface area contributed by atoms with Crippen LogP contribution in [0.15, 0.2) is 97.3 Å². The van der Waals surface area contributed by atoms with Gasteiger partial charge in [0.2, 0.25) is 0 Å². The van der Waals surface area contributed by atoms with Gasteiger partial charge < -0.3 is 0 Å². The number of rotatable bonds is 1. The normalized spacial score (nSPS) is 11.6. The Kier molecular flexibility index (Phi) is 3.20. The molecule has 0 aliphatic heterocycles. The third-order valence-electron chi connectivity index (χ3n) is 5.52. The Labute approximate surface area is 162 Å². The van der Waals surface area contributed by atoms with Crippen LogP contribution in [-0.4, -0.2) is 9.97 Å². The van der Waals surface area contributed by atoms with Crippen molar-refractivity contribution in [1.82, 2.24) is 9.97 Å². The van der Waals surface area contributed by atoms with Gasteiger partial charge in [-0.05, 0) is 63.0 Å². The molecule has 0 radical (unpaired) electrons. The second-order valence-corrected chi connectivity index (χ2v) is 7.11. The van der Waals surface area contributed by atoms with Gasteiger partial charge in [-0.15, -0.1) is 0 Å². The van der Waals surface area contributed by atoms with E-state index in [1.54, 1.807) is 0 Å². The van der Waals surface area contributed by atoms with Gasteiger partial charge in [-0.25, -0.2) is 0 Å². The highest BCUT2D eigenvalue weighted by Gasteiger charge is 2.12. The molecule has 0 aliphatic rings. The first-order chi connectivity index (χ1) is 13.9. The Morgan fingerprint density at radius 2 is 1.18 bits per heavy atom. The number of hydrogen-bond acceptors (Lipinski definition) is 2. The van der Waals surface area contributed by atoms with E-state index in [9.17, 15) is 0 Å². The zero-order valence-corrected chi connectivity index (χ0v) is 15.1. The fourth-order valence-electron chi connectivity index (χ4n) is 4.22. The topological polar surface area (TPSA) is 25.8 Å². The maximum absolute atomic E-state index is 4.63. The molecule has 2 heterocycles. The maximum atomic E-state index is 4.63. The van der Waals surface area contributed by atoms with E-state index >= 15 is 0 Å². The highest BCUT2D eigenvalue weighted by molar-refractivity contribution is 6.16. The summed E-state index contributed by atoms with van der Waals surface area (Å²) in [6.07, 6.45) is 3.75. The third-order valence-corrected chi connectivity index (χ3v) is 5.52. The molecule has 0 amide bonds. The second-order valence-electron chi connectivity index (χ2n) is 7.11. The van der Waals surface area contributed by atoms with Crippen LogP contribution in [0.4, 0.5) is 0 Å². The molecule has 2 aromatic heterocycles. The van der Waals surface area contributed by atoms with Gasteiger partial charge >= 0.3 is 0 Å². The first kappa shape index (κ1) is 15.3. The highest BCUT2D eigenvalue weighted by Crippen LogP contribution is 2.38. The largest absolute Gasteiger partial charge is 0.256 e. The van der Waals surface area contributed by atoms with Crippen molar-refractivity contribution < 1.29 is 0 Å². The number of nitrogens with zero attached hydrogens (tertiary/aromatic N) is 2. The molecule has 6 rings (SSSR count). The Hall–Kier alpha value is -3.78. The lowest BCUT2D eigenvalue weighted by atomic mass is 9.91. The summed E-state index contributed by atoms with van der Waals surface area (Å²) in [6, 6.07) is 30.0. The monoisotopic (exact) mass is 356 g/mol. The van der Waals surface area contributed by atoms with Crippen molar-refractivity contribution in [3.05, 3.63) is 97.3 Å². The van der Waals surface area contributed by atoms with Crippen molar-refractivity contribution >= 4 is 43.4 Å². The van der Waals surface area contributed by atoms with Gasteiger partial charge in [0.25, 0.3) is 0 Å². The lowest BCUT2D eigenvalue weighted by Crippen LogP contribution is -1.89. The van der Waals surface area contributed by atoms with E-state index in [4.69, 9.17) is 0 Å². The Bertz CT molecular complexity index is 1520. The van der Waals surface area contributed by atoms with Crippen LogP contribution >= 0.6 is 0 Å². The molecule has 130 valence electrons. The SMILES string of the molecule is c1cnc2cc3c(-c4cc5ccccc5c5ccccc45)ccnc3cc2c1. The first-order valence-electron chi connectivity index (χ1n) is 9.43. The van der Waals surface area contributed by atoms with E-state index in [-0.39, 0.29) is 0 Å². The van der Waals surface area contributed by atoms with Crippen molar-refractivity contribution in [3.8, 4) is 11.1 Å². The Morgan fingerprint density at radius 3 is 2.11 bits per heavy atom. The molecule has 4 aromatic carbocycles. The van der Waals surface area contributed by atoms with Crippen LogP contribution in [-0.2, 0) is 0 Å². The van der Waals surface area contributed by atoms with Gasteiger partial charge in [0.05, 0.1) is 11.0 Å². The number of aromatic nitrogens is 2. The number of benzene rings is 4.